The zero-order chi connectivity index (χ0) is 21.5. The van der Waals surface area contributed by atoms with Crippen molar-refractivity contribution < 1.29 is 35.1 Å². The van der Waals surface area contributed by atoms with Crippen LogP contribution in [0.3, 0.4) is 0 Å². The van der Waals surface area contributed by atoms with Gasteiger partial charge in [0.05, 0.1) is 28.0 Å². The fourth-order valence-corrected chi connectivity index (χ4v) is 6.19. The highest BCUT2D eigenvalue weighted by atomic mass is 79.9. The zero-order valence-corrected chi connectivity index (χ0v) is 18.1. The van der Waals surface area contributed by atoms with Crippen molar-refractivity contribution in [1.82, 2.24) is 9.97 Å². The van der Waals surface area contributed by atoms with E-state index in [2.05, 4.69) is 36.8 Å². The van der Waals surface area contributed by atoms with Crippen LogP contribution in [0.5, 0.6) is 0 Å². The molecular formula is C15H4Br2F8N2S2. The minimum Gasteiger partial charge on any atom is -0.336 e. The van der Waals surface area contributed by atoms with E-state index >= 15 is 0 Å². The molecule has 0 saturated carbocycles. The van der Waals surface area contributed by atoms with Crippen molar-refractivity contribution >= 4 is 85.7 Å². The largest absolute Gasteiger partial charge is 0.385 e. The summed E-state index contributed by atoms with van der Waals surface area (Å²) in [5.74, 6) is -20.2. The van der Waals surface area contributed by atoms with Crippen LogP contribution >= 0.6 is 54.5 Å². The predicted molar refractivity (Wildman–Crippen MR) is 102 cm³/mol. The van der Waals surface area contributed by atoms with E-state index < -0.39 is 30.0 Å². The van der Waals surface area contributed by atoms with Crippen LogP contribution in [0.4, 0.5) is 35.1 Å². The third-order valence-electron chi connectivity index (χ3n) is 4.22. The molecule has 0 atom stereocenters. The Hall–Kier alpha value is -0.990. The number of rotatable bonds is 4. The molecule has 29 heavy (non-hydrogen) atoms. The number of hydrogen-bond donors (Lipinski definition) is 1. The lowest BCUT2D eigenvalue weighted by Crippen LogP contribution is -2.56. The van der Waals surface area contributed by atoms with E-state index in [4.69, 9.17) is 0 Å². The highest BCUT2D eigenvalue weighted by molar-refractivity contribution is 9.11. The Bertz CT molecular complexity index is 1190. The number of H-pyrrole nitrogens is 1. The summed E-state index contributed by atoms with van der Waals surface area (Å²) in [7, 11) is 0. The average Bonchev–Trinajstić information content (AvgIpc) is 3.29. The highest BCUT2D eigenvalue weighted by Gasteiger charge is 2.77. The molecule has 0 radical (unpaired) electrons. The molecule has 2 nitrogen and oxygen atoms in total. The Morgan fingerprint density at radius 3 is 1.97 bits per heavy atom. The standard InChI is InChI=1S/C15H4Br2F8N2S2/c16-5-1-3-7-8(4-2-6(17)29-10(4)9(3)28-5)27-12(26-7)14(22,23)15(24,25)13(20,21)11(18)19/h1-2,11H,(H,26,27). The van der Waals surface area contributed by atoms with Crippen molar-refractivity contribution in [3.05, 3.63) is 25.5 Å². The molecule has 0 bridgehead atoms. The first-order chi connectivity index (χ1) is 13.3. The van der Waals surface area contributed by atoms with Gasteiger partial charge in [-0.25, -0.2) is 13.8 Å². The number of nitrogens with one attached hydrogen (secondary N) is 1. The molecule has 4 rings (SSSR count). The molecule has 156 valence electrons. The lowest BCUT2D eigenvalue weighted by Gasteiger charge is -2.30. The van der Waals surface area contributed by atoms with Gasteiger partial charge in [0.2, 0.25) is 0 Å². The monoisotopic (exact) mass is 586 g/mol. The van der Waals surface area contributed by atoms with Gasteiger partial charge in [-0.1, -0.05) is 0 Å². The van der Waals surface area contributed by atoms with Gasteiger partial charge in [0.15, 0.2) is 5.82 Å². The van der Waals surface area contributed by atoms with Gasteiger partial charge in [-0.05, 0) is 44.0 Å². The van der Waals surface area contributed by atoms with Gasteiger partial charge in [0.1, 0.15) is 0 Å². The molecule has 1 N–H and O–H groups in total. The number of hydrogen-bond acceptors (Lipinski definition) is 3. The van der Waals surface area contributed by atoms with E-state index in [9.17, 15) is 35.1 Å². The molecule has 0 amide bonds. The molecule has 4 aromatic rings. The maximum Gasteiger partial charge on any atom is 0.385 e. The summed E-state index contributed by atoms with van der Waals surface area (Å²) in [4.78, 5) is 5.40. The maximum absolute atomic E-state index is 14.4. The normalized spacial score (nSPS) is 14.2. The van der Waals surface area contributed by atoms with E-state index in [1.54, 1.807) is 0 Å². The number of fused-ring (bicyclic) bond motifs is 6. The first-order valence-electron chi connectivity index (χ1n) is 7.41. The number of thiophene rings is 2. The number of aromatic nitrogens is 2. The molecular weight excluding hydrogens is 584 g/mol. The van der Waals surface area contributed by atoms with Crippen molar-refractivity contribution in [3.63, 3.8) is 0 Å². The van der Waals surface area contributed by atoms with E-state index in [-0.39, 0.29) is 11.0 Å². The smallest absolute Gasteiger partial charge is 0.336 e. The minimum atomic E-state index is -6.38. The second-order valence-corrected chi connectivity index (χ2v) is 10.8. The lowest BCUT2D eigenvalue weighted by atomic mass is 10.0. The Labute approximate surface area is 180 Å². The van der Waals surface area contributed by atoms with Crippen LogP contribution in [0.25, 0.3) is 31.2 Å². The van der Waals surface area contributed by atoms with Gasteiger partial charge in [0, 0.05) is 10.8 Å². The summed E-state index contributed by atoms with van der Waals surface area (Å²) in [6.07, 6.45) is -4.99. The summed E-state index contributed by atoms with van der Waals surface area (Å²) < 4.78 is 110. The number of alkyl halides is 8. The predicted octanol–water partition coefficient (Wildman–Crippen LogP) is 8.14. The number of nitrogens with zero attached hydrogens (tertiary/aromatic N) is 1. The molecule has 0 spiro atoms. The van der Waals surface area contributed by atoms with E-state index in [0.717, 1.165) is 0 Å². The fourth-order valence-electron chi connectivity index (χ4n) is 2.83. The van der Waals surface area contributed by atoms with Crippen molar-refractivity contribution in [2.24, 2.45) is 0 Å². The topological polar surface area (TPSA) is 28.7 Å². The summed E-state index contributed by atoms with van der Waals surface area (Å²) in [6, 6.07) is 3.05. The van der Waals surface area contributed by atoms with Gasteiger partial charge in [-0.2, -0.15) is 26.3 Å². The van der Waals surface area contributed by atoms with Gasteiger partial charge >= 0.3 is 24.2 Å². The van der Waals surface area contributed by atoms with Crippen LogP contribution in [0, 0.1) is 0 Å². The quantitative estimate of drug-likeness (QED) is 0.240. The second kappa shape index (κ2) is 6.50. The Morgan fingerprint density at radius 1 is 0.897 bits per heavy atom. The maximum atomic E-state index is 14.4. The number of imidazole rings is 1. The Morgan fingerprint density at radius 2 is 1.41 bits per heavy atom. The first-order valence-corrected chi connectivity index (χ1v) is 10.6. The zero-order valence-electron chi connectivity index (χ0n) is 13.3. The van der Waals surface area contributed by atoms with E-state index in [1.165, 1.54) is 34.8 Å². The van der Waals surface area contributed by atoms with E-state index in [0.29, 0.717) is 27.7 Å². The van der Waals surface area contributed by atoms with Crippen molar-refractivity contribution in [3.8, 4) is 0 Å². The van der Waals surface area contributed by atoms with Gasteiger partial charge < -0.3 is 4.98 Å². The minimum absolute atomic E-state index is 0.0920. The van der Waals surface area contributed by atoms with Crippen molar-refractivity contribution in [2.45, 2.75) is 24.2 Å². The van der Waals surface area contributed by atoms with Crippen LogP contribution in [0.15, 0.2) is 19.7 Å². The van der Waals surface area contributed by atoms with Crippen molar-refractivity contribution in [1.29, 1.82) is 0 Å². The third-order valence-corrected chi connectivity index (χ3v) is 7.66. The summed E-state index contributed by atoms with van der Waals surface area (Å²) in [6.45, 7) is 0. The summed E-state index contributed by atoms with van der Waals surface area (Å²) in [5.41, 5.74) is -0.254. The number of aromatic amines is 1. The average molecular weight is 588 g/mol. The Kier molecular flexibility index (Phi) is 4.76. The molecule has 0 aliphatic rings. The molecule has 0 unspecified atom stereocenters. The van der Waals surface area contributed by atoms with E-state index in [1.807, 2.05) is 4.98 Å². The van der Waals surface area contributed by atoms with Gasteiger partial charge in [-0.3, -0.25) is 0 Å². The summed E-state index contributed by atoms with van der Waals surface area (Å²) in [5, 5.41) is 0.665. The summed E-state index contributed by atoms with van der Waals surface area (Å²) >= 11 is 8.98. The van der Waals surface area contributed by atoms with Gasteiger partial charge in [-0.15, -0.1) is 22.7 Å². The van der Waals surface area contributed by atoms with Gasteiger partial charge in [0.25, 0.3) is 0 Å². The van der Waals surface area contributed by atoms with Crippen molar-refractivity contribution in [2.75, 3.05) is 0 Å². The molecule has 1 aromatic carbocycles. The molecule has 0 aliphatic carbocycles. The highest BCUT2D eigenvalue weighted by Crippen LogP contribution is 2.53. The lowest BCUT2D eigenvalue weighted by molar-refractivity contribution is -0.345. The second-order valence-electron chi connectivity index (χ2n) is 5.97. The molecule has 3 heterocycles. The molecule has 0 fully saturated rings. The fraction of sp³-hybridized carbons (Fsp3) is 0.267. The van der Waals surface area contributed by atoms with Crippen LogP contribution in [0.2, 0.25) is 0 Å². The SMILES string of the molecule is FC(F)C(F)(F)C(F)(F)C(F)(F)c1nc2c3cc(Br)sc3c3sc(Br)cc3c2[nH]1. The molecule has 3 aromatic heterocycles. The molecule has 14 heteroatoms. The molecule has 0 aliphatic heterocycles. The first kappa shape index (κ1) is 21.2. The number of halogens is 10. The van der Waals surface area contributed by atoms with Crippen LogP contribution in [0.1, 0.15) is 5.82 Å². The molecule has 0 saturated heterocycles. The van der Waals surface area contributed by atoms with Crippen LogP contribution in [-0.2, 0) is 5.92 Å². The van der Waals surface area contributed by atoms with Crippen LogP contribution < -0.4 is 0 Å². The van der Waals surface area contributed by atoms with Crippen LogP contribution in [-0.4, -0.2) is 28.2 Å². The third kappa shape index (κ3) is 2.85. The number of benzene rings is 1. The Balaban J connectivity index is 2.03.